The molecule has 0 aliphatic rings. The van der Waals surface area contributed by atoms with E-state index < -0.39 is 6.47 Å². The molecule has 0 rings (SSSR count). The summed E-state index contributed by atoms with van der Waals surface area (Å²) in [4.78, 5) is 25.0. The summed E-state index contributed by atoms with van der Waals surface area (Å²) in [6.07, 6.45) is 0. The van der Waals surface area contributed by atoms with Gasteiger partial charge in [-0.05, 0) is 0 Å². The molecule has 0 aliphatic carbocycles. The Labute approximate surface area is 74.1 Å². The minimum absolute atomic E-state index is 0. The fraction of sp³-hybridized carbons (Fsp3) is 0. The van der Waals surface area contributed by atoms with Gasteiger partial charge in [-0.1, -0.05) is 0 Å². The van der Waals surface area contributed by atoms with Crippen molar-refractivity contribution in [2.45, 2.75) is 0 Å². The standard InChI is InChI=1S/3CH2O2.Li.H2O/c3*2-1-3;;/h3*1H,(H,2,3);;1H2/q;;;+1;/p-1. The van der Waals surface area contributed by atoms with E-state index in [-0.39, 0.29) is 37.3 Å². The Kier molecular flexibility index (Phi) is 434. The predicted octanol–water partition coefficient (Wildman–Crippen LogP) is -6.05. The summed E-state index contributed by atoms with van der Waals surface area (Å²) in [7, 11) is 0. The average molecular weight is 162 g/mol. The first-order chi connectivity index (χ1) is 4.24. The number of hydrogen-bond donors (Lipinski definition) is 2. The first-order valence-electron chi connectivity index (χ1n) is 1.46. The molecule has 7 nitrogen and oxygen atoms in total. The molecule has 0 fully saturated rings. The maximum atomic E-state index is 8.36. The van der Waals surface area contributed by atoms with Crippen molar-refractivity contribution >= 4 is 19.4 Å². The molecule has 0 saturated carbocycles. The summed E-state index contributed by atoms with van der Waals surface area (Å²) in [5, 5.41) is 22.0. The van der Waals surface area contributed by atoms with Gasteiger partial charge < -0.3 is 25.6 Å². The van der Waals surface area contributed by atoms with Crippen LogP contribution in [-0.2, 0) is 14.4 Å². The zero-order valence-electron chi connectivity index (χ0n) is 5.76. The fourth-order valence-corrected chi connectivity index (χ4v) is 0. The second kappa shape index (κ2) is 147. The van der Waals surface area contributed by atoms with Crippen LogP contribution in [0.3, 0.4) is 0 Å². The minimum Gasteiger partial charge on any atom is -0.554 e. The van der Waals surface area contributed by atoms with E-state index in [1.54, 1.807) is 0 Å². The van der Waals surface area contributed by atoms with Gasteiger partial charge in [0.15, 0.2) is 0 Å². The van der Waals surface area contributed by atoms with Crippen LogP contribution in [0, 0.1) is 0 Å². The van der Waals surface area contributed by atoms with Crippen LogP contribution in [0.2, 0.25) is 0 Å². The van der Waals surface area contributed by atoms with Crippen LogP contribution in [-0.4, -0.2) is 35.1 Å². The summed E-state index contributed by atoms with van der Waals surface area (Å²) >= 11 is 0. The zero-order chi connectivity index (χ0) is 8.12. The average Bonchev–Trinajstić information content (AvgIpc) is 1.70. The van der Waals surface area contributed by atoms with Gasteiger partial charge in [0, 0.05) is 6.47 Å². The van der Waals surface area contributed by atoms with Crippen LogP contribution < -0.4 is 24.0 Å². The van der Waals surface area contributed by atoms with E-state index in [0.717, 1.165) is 0 Å². The third-order valence-corrected chi connectivity index (χ3v) is 0. The van der Waals surface area contributed by atoms with Gasteiger partial charge in [0.2, 0.25) is 0 Å². The number of carbonyl (C=O) groups is 3. The van der Waals surface area contributed by atoms with Gasteiger partial charge in [0.05, 0.1) is 0 Å². The van der Waals surface area contributed by atoms with Crippen molar-refractivity contribution < 1.29 is 54.0 Å². The van der Waals surface area contributed by atoms with Gasteiger partial charge >= 0.3 is 18.9 Å². The second-order valence-electron chi connectivity index (χ2n) is 0.307. The Hall–Kier alpha value is -1.03. The SMILES string of the molecule is O.O=CO.O=CO.O=C[O-].[Li+]. The van der Waals surface area contributed by atoms with E-state index in [0.29, 0.717) is 0 Å². The Morgan fingerprint density at radius 1 is 1.00 bits per heavy atom. The molecule has 0 unspecified atom stereocenters. The van der Waals surface area contributed by atoms with Crippen LogP contribution in [0.4, 0.5) is 0 Å². The van der Waals surface area contributed by atoms with Gasteiger partial charge in [0.25, 0.3) is 12.9 Å². The molecule has 11 heavy (non-hydrogen) atoms. The molecule has 0 aromatic heterocycles. The Balaban J connectivity index is -0.0000000150. The number of rotatable bonds is 0. The Morgan fingerprint density at radius 3 is 1.00 bits per heavy atom. The minimum atomic E-state index is -0.500. The summed E-state index contributed by atoms with van der Waals surface area (Å²) in [6.45, 7) is -1.00. The van der Waals surface area contributed by atoms with Crippen molar-refractivity contribution in [2.24, 2.45) is 0 Å². The number of carboxylic acid groups (broad SMARTS) is 3. The normalized spacial score (nSPS) is 3.27. The molecular formula is C3H7LiO7. The molecule has 0 bridgehead atoms. The first-order valence-corrected chi connectivity index (χ1v) is 1.46. The molecule has 0 aliphatic heterocycles. The molecule has 8 heteroatoms. The van der Waals surface area contributed by atoms with Gasteiger partial charge in [-0.15, -0.1) is 0 Å². The van der Waals surface area contributed by atoms with Crippen LogP contribution >= 0.6 is 0 Å². The van der Waals surface area contributed by atoms with Crippen molar-refractivity contribution in [3.8, 4) is 0 Å². The molecule has 0 spiro atoms. The van der Waals surface area contributed by atoms with Crippen LogP contribution in [0.5, 0.6) is 0 Å². The van der Waals surface area contributed by atoms with Gasteiger partial charge in [-0.25, -0.2) is 0 Å². The summed E-state index contributed by atoms with van der Waals surface area (Å²) in [6, 6.07) is 0. The molecule has 0 aromatic carbocycles. The maximum Gasteiger partial charge on any atom is 1.00 e. The largest absolute Gasteiger partial charge is 1.00 e. The quantitative estimate of drug-likeness (QED) is 0.267. The third-order valence-electron chi connectivity index (χ3n) is 0. The van der Waals surface area contributed by atoms with Crippen LogP contribution in [0.1, 0.15) is 0 Å². The van der Waals surface area contributed by atoms with E-state index in [1.807, 2.05) is 0 Å². The van der Waals surface area contributed by atoms with Gasteiger partial charge in [0.1, 0.15) is 0 Å². The molecule has 0 radical (unpaired) electrons. The summed E-state index contributed by atoms with van der Waals surface area (Å²) in [5.74, 6) is 0. The topological polar surface area (TPSA) is 146 Å². The molecule has 0 heterocycles. The van der Waals surface area contributed by atoms with E-state index in [1.165, 1.54) is 0 Å². The fourth-order valence-electron chi connectivity index (χ4n) is 0. The molecule has 0 aromatic rings. The Morgan fingerprint density at radius 2 is 1.00 bits per heavy atom. The molecule has 0 saturated heterocycles. The third kappa shape index (κ3) is 408. The predicted molar refractivity (Wildman–Crippen MR) is 27.1 cm³/mol. The van der Waals surface area contributed by atoms with E-state index in [2.05, 4.69) is 0 Å². The smallest absolute Gasteiger partial charge is 0.554 e. The molecular weight excluding hydrogens is 155 g/mol. The van der Waals surface area contributed by atoms with Crippen molar-refractivity contribution in [2.75, 3.05) is 0 Å². The number of hydrogen-bond acceptors (Lipinski definition) is 4. The van der Waals surface area contributed by atoms with E-state index in [9.17, 15) is 0 Å². The van der Waals surface area contributed by atoms with E-state index >= 15 is 0 Å². The Bertz CT molecular complexity index is 50.4. The monoisotopic (exact) mass is 162 g/mol. The van der Waals surface area contributed by atoms with Gasteiger partial charge in [-0.3, -0.25) is 9.59 Å². The molecule has 62 valence electrons. The van der Waals surface area contributed by atoms with Crippen LogP contribution in [0.15, 0.2) is 0 Å². The van der Waals surface area contributed by atoms with Crippen molar-refractivity contribution in [3.63, 3.8) is 0 Å². The number of carbonyl (C=O) groups excluding carboxylic acids is 1. The summed E-state index contributed by atoms with van der Waals surface area (Å²) in [5.41, 5.74) is 0. The summed E-state index contributed by atoms with van der Waals surface area (Å²) < 4.78 is 0. The molecule has 4 N–H and O–H groups in total. The van der Waals surface area contributed by atoms with Crippen molar-refractivity contribution in [1.82, 2.24) is 0 Å². The second-order valence-corrected chi connectivity index (χ2v) is 0.307. The van der Waals surface area contributed by atoms with E-state index in [4.69, 9.17) is 29.7 Å². The van der Waals surface area contributed by atoms with Crippen molar-refractivity contribution in [3.05, 3.63) is 0 Å². The molecule has 0 atom stereocenters. The zero-order valence-corrected chi connectivity index (χ0v) is 5.76. The van der Waals surface area contributed by atoms with Crippen LogP contribution in [0.25, 0.3) is 0 Å². The van der Waals surface area contributed by atoms with Gasteiger partial charge in [-0.2, -0.15) is 0 Å². The maximum absolute atomic E-state index is 8.36. The molecule has 0 amide bonds. The first kappa shape index (κ1) is 32.5. The van der Waals surface area contributed by atoms with Crippen molar-refractivity contribution in [1.29, 1.82) is 0 Å².